The normalized spacial score (nSPS) is 12.3. The quantitative estimate of drug-likeness (QED) is 0.569. The van der Waals surface area contributed by atoms with Crippen molar-refractivity contribution in [3.63, 3.8) is 0 Å². The molecular weight excluding hydrogens is 413 g/mol. The zero-order valence-corrected chi connectivity index (χ0v) is 17.5. The number of para-hydroxylation sites is 1. The number of carbonyl (C=O) groups is 2. The van der Waals surface area contributed by atoms with Crippen molar-refractivity contribution < 1.29 is 14.7 Å². The smallest absolute Gasteiger partial charge is 0.326 e. The molecule has 2 aromatic carbocycles. The maximum atomic E-state index is 12.8. The summed E-state index contributed by atoms with van der Waals surface area (Å²) < 4.78 is 1.68. The van der Waals surface area contributed by atoms with Gasteiger partial charge in [0.25, 0.3) is 5.91 Å². The highest BCUT2D eigenvalue weighted by atomic mass is 35.5. The maximum absolute atomic E-state index is 12.8. The van der Waals surface area contributed by atoms with Crippen molar-refractivity contribution >= 4 is 46.0 Å². The SMILES string of the molecule is CC(C)CC(NC(=O)c1nn(Cc2ccc(Cl)cc2Cl)c2ccccc12)C(=O)O. The van der Waals surface area contributed by atoms with Gasteiger partial charge in [-0.1, -0.05) is 61.3 Å². The largest absolute Gasteiger partial charge is 0.480 e. The van der Waals surface area contributed by atoms with E-state index in [2.05, 4.69) is 10.4 Å². The van der Waals surface area contributed by atoms with Crippen molar-refractivity contribution in [1.82, 2.24) is 15.1 Å². The maximum Gasteiger partial charge on any atom is 0.326 e. The first-order valence-corrected chi connectivity index (χ1v) is 9.95. The average molecular weight is 434 g/mol. The Morgan fingerprint density at radius 1 is 1.17 bits per heavy atom. The molecule has 3 aromatic rings. The number of carboxylic acids is 1. The summed E-state index contributed by atoms with van der Waals surface area (Å²) in [5.41, 5.74) is 1.74. The molecule has 3 rings (SSSR count). The average Bonchev–Trinajstić information content (AvgIpc) is 3.02. The summed E-state index contributed by atoms with van der Waals surface area (Å²) in [6, 6.07) is 11.5. The van der Waals surface area contributed by atoms with E-state index in [1.165, 1.54) is 0 Å². The van der Waals surface area contributed by atoms with Crippen LogP contribution >= 0.6 is 23.2 Å². The number of nitrogens with zero attached hydrogens (tertiary/aromatic N) is 2. The topological polar surface area (TPSA) is 84.2 Å². The number of hydrogen-bond acceptors (Lipinski definition) is 3. The van der Waals surface area contributed by atoms with Gasteiger partial charge in [-0.15, -0.1) is 0 Å². The van der Waals surface area contributed by atoms with Crippen molar-refractivity contribution in [3.05, 3.63) is 63.8 Å². The summed E-state index contributed by atoms with van der Waals surface area (Å²) in [5, 5.41) is 18.2. The Balaban J connectivity index is 1.95. The van der Waals surface area contributed by atoms with E-state index in [0.717, 1.165) is 11.1 Å². The van der Waals surface area contributed by atoms with Crippen LogP contribution in [0.25, 0.3) is 10.9 Å². The third-order valence-corrected chi connectivity index (χ3v) is 5.11. The van der Waals surface area contributed by atoms with Crippen molar-refractivity contribution in [3.8, 4) is 0 Å². The Labute approximate surface area is 178 Å². The number of fused-ring (bicyclic) bond motifs is 1. The standard InChI is InChI=1S/C21H21Cl2N3O3/c1-12(2)9-17(21(28)29)24-20(27)19-15-5-3-4-6-18(15)26(25-19)11-13-7-8-14(22)10-16(13)23/h3-8,10,12,17H,9,11H2,1-2H3,(H,24,27)(H,28,29). The monoisotopic (exact) mass is 433 g/mol. The fourth-order valence-electron chi connectivity index (χ4n) is 3.15. The highest BCUT2D eigenvalue weighted by Gasteiger charge is 2.25. The van der Waals surface area contributed by atoms with Crippen LogP contribution in [-0.4, -0.2) is 32.8 Å². The molecule has 0 spiro atoms. The summed E-state index contributed by atoms with van der Waals surface area (Å²) >= 11 is 12.2. The molecule has 0 saturated carbocycles. The van der Waals surface area contributed by atoms with E-state index < -0.39 is 17.9 Å². The Bertz CT molecular complexity index is 1060. The molecule has 0 fully saturated rings. The van der Waals surface area contributed by atoms with Crippen LogP contribution in [0.2, 0.25) is 10.0 Å². The van der Waals surface area contributed by atoms with Crippen LogP contribution in [0.3, 0.4) is 0 Å². The lowest BCUT2D eigenvalue weighted by Gasteiger charge is -2.15. The molecule has 0 aliphatic heterocycles. The third-order valence-electron chi connectivity index (χ3n) is 4.52. The molecule has 0 aliphatic carbocycles. The summed E-state index contributed by atoms with van der Waals surface area (Å²) in [4.78, 5) is 24.3. The van der Waals surface area contributed by atoms with Crippen LogP contribution in [0, 0.1) is 5.92 Å². The van der Waals surface area contributed by atoms with Gasteiger partial charge in [0.05, 0.1) is 12.1 Å². The molecule has 1 atom stereocenters. The van der Waals surface area contributed by atoms with E-state index in [9.17, 15) is 14.7 Å². The molecular formula is C21H21Cl2N3O3. The molecule has 0 radical (unpaired) electrons. The van der Waals surface area contributed by atoms with Gasteiger partial charge < -0.3 is 10.4 Å². The van der Waals surface area contributed by atoms with Crippen molar-refractivity contribution in [1.29, 1.82) is 0 Å². The van der Waals surface area contributed by atoms with E-state index in [1.807, 2.05) is 38.1 Å². The van der Waals surface area contributed by atoms with Crippen LogP contribution in [0.1, 0.15) is 36.3 Å². The second-order valence-electron chi connectivity index (χ2n) is 7.25. The predicted octanol–water partition coefficient (Wildman–Crippen LogP) is 4.62. The summed E-state index contributed by atoms with van der Waals surface area (Å²) in [6.07, 6.45) is 0.333. The molecule has 2 N–H and O–H groups in total. The summed E-state index contributed by atoms with van der Waals surface area (Å²) in [6.45, 7) is 4.16. The molecule has 0 aliphatic rings. The third kappa shape index (κ3) is 4.89. The Morgan fingerprint density at radius 2 is 1.90 bits per heavy atom. The molecule has 1 heterocycles. The molecule has 29 heavy (non-hydrogen) atoms. The molecule has 1 aromatic heterocycles. The second kappa shape index (κ2) is 8.84. The summed E-state index contributed by atoms with van der Waals surface area (Å²) in [5.74, 6) is -1.46. The van der Waals surface area contributed by atoms with Crippen LogP contribution < -0.4 is 5.32 Å². The number of hydrogen-bond donors (Lipinski definition) is 2. The number of carboxylic acid groups (broad SMARTS) is 1. The van der Waals surface area contributed by atoms with Crippen molar-refractivity contribution in [2.45, 2.75) is 32.9 Å². The minimum absolute atomic E-state index is 0.123. The number of rotatable bonds is 7. The first-order valence-electron chi connectivity index (χ1n) is 9.19. The van der Waals surface area contributed by atoms with Crippen LogP contribution in [0.5, 0.6) is 0 Å². The lowest BCUT2D eigenvalue weighted by molar-refractivity contribution is -0.139. The van der Waals surface area contributed by atoms with Gasteiger partial charge in [-0.05, 0) is 36.1 Å². The van der Waals surface area contributed by atoms with Gasteiger partial charge in [-0.25, -0.2) is 4.79 Å². The minimum Gasteiger partial charge on any atom is -0.480 e. The Hall–Kier alpha value is -2.57. The van der Waals surface area contributed by atoms with Crippen LogP contribution in [-0.2, 0) is 11.3 Å². The van der Waals surface area contributed by atoms with Gasteiger partial charge in [0.1, 0.15) is 6.04 Å². The van der Waals surface area contributed by atoms with Crippen molar-refractivity contribution in [2.75, 3.05) is 0 Å². The van der Waals surface area contributed by atoms with Gasteiger partial charge in [-0.2, -0.15) is 5.10 Å². The Kier molecular flexibility index (Phi) is 6.45. The van der Waals surface area contributed by atoms with E-state index in [1.54, 1.807) is 22.9 Å². The van der Waals surface area contributed by atoms with E-state index in [4.69, 9.17) is 23.2 Å². The number of aromatic nitrogens is 2. The van der Waals surface area contributed by atoms with Gasteiger partial charge in [0.2, 0.25) is 0 Å². The highest BCUT2D eigenvalue weighted by Crippen LogP contribution is 2.25. The van der Waals surface area contributed by atoms with Gasteiger partial charge in [0, 0.05) is 15.4 Å². The lowest BCUT2D eigenvalue weighted by Crippen LogP contribution is -2.41. The zero-order valence-electron chi connectivity index (χ0n) is 16.0. The van der Waals surface area contributed by atoms with Gasteiger partial charge >= 0.3 is 5.97 Å². The second-order valence-corrected chi connectivity index (χ2v) is 8.10. The van der Waals surface area contributed by atoms with Crippen LogP contribution in [0.4, 0.5) is 0 Å². The Morgan fingerprint density at radius 3 is 2.55 bits per heavy atom. The number of amides is 1. The number of aliphatic carboxylic acids is 1. The predicted molar refractivity (Wildman–Crippen MR) is 114 cm³/mol. The molecule has 1 unspecified atom stereocenters. The summed E-state index contributed by atoms with van der Waals surface area (Å²) in [7, 11) is 0. The first kappa shape index (κ1) is 21.1. The molecule has 8 heteroatoms. The molecule has 0 saturated heterocycles. The first-order chi connectivity index (χ1) is 13.8. The highest BCUT2D eigenvalue weighted by molar-refractivity contribution is 6.35. The van der Waals surface area contributed by atoms with E-state index in [0.29, 0.717) is 28.4 Å². The molecule has 6 nitrogen and oxygen atoms in total. The molecule has 0 bridgehead atoms. The number of carbonyl (C=O) groups excluding carboxylic acids is 1. The molecule has 1 amide bonds. The van der Waals surface area contributed by atoms with Gasteiger partial charge in [0.15, 0.2) is 5.69 Å². The number of benzene rings is 2. The van der Waals surface area contributed by atoms with E-state index in [-0.39, 0.29) is 11.6 Å². The zero-order chi connectivity index (χ0) is 21.1. The van der Waals surface area contributed by atoms with E-state index >= 15 is 0 Å². The lowest BCUT2D eigenvalue weighted by atomic mass is 10.0. The van der Waals surface area contributed by atoms with Gasteiger partial charge in [-0.3, -0.25) is 9.48 Å². The minimum atomic E-state index is -1.07. The fraction of sp³-hybridized carbons (Fsp3) is 0.286. The van der Waals surface area contributed by atoms with Crippen LogP contribution in [0.15, 0.2) is 42.5 Å². The molecule has 152 valence electrons. The number of halogens is 2. The van der Waals surface area contributed by atoms with Crippen molar-refractivity contribution in [2.24, 2.45) is 5.92 Å². The fourth-order valence-corrected chi connectivity index (χ4v) is 3.61. The number of nitrogens with one attached hydrogen (secondary N) is 1.